The minimum Gasteiger partial charge on any atom is -0.323 e. The van der Waals surface area contributed by atoms with Crippen LogP contribution >= 0.6 is 0 Å². The van der Waals surface area contributed by atoms with E-state index in [0.717, 1.165) is 16.9 Å². The van der Waals surface area contributed by atoms with Crippen LogP contribution in [0.1, 0.15) is 5.69 Å². The van der Waals surface area contributed by atoms with Gasteiger partial charge in [0.05, 0.1) is 24.1 Å². The van der Waals surface area contributed by atoms with E-state index >= 15 is 0 Å². The van der Waals surface area contributed by atoms with Crippen molar-refractivity contribution in [2.75, 3.05) is 0 Å². The first-order chi connectivity index (χ1) is 7.93. The Morgan fingerprint density at radius 3 is 2.88 bits per heavy atom. The fourth-order valence-corrected chi connectivity index (χ4v) is 1.62. The van der Waals surface area contributed by atoms with Crippen LogP contribution in [-0.4, -0.2) is 24.7 Å². The van der Waals surface area contributed by atoms with Gasteiger partial charge in [-0.05, 0) is 24.3 Å². The Kier molecular flexibility index (Phi) is 2.07. The molecule has 3 aromatic heterocycles. The highest BCUT2D eigenvalue weighted by molar-refractivity contribution is 5.70. The first-order valence-electron chi connectivity index (χ1n) is 4.96. The molecule has 0 aromatic carbocycles. The summed E-state index contributed by atoms with van der Waals surface area (Å²) in [4.78, 5) is 8.39. The molecule has 0 bridgehead atoms. The van der Waals surface area contributed by atoms with Gasteiger partial charge >= 0.3 is 0 Å². The van der Waals surface area contributed by atoms with Crippen molar-refractivity contribution in [3.05, 3.63) is 48.7 Å². The highest BCUT2D eigenvalue weighted by Gasteiger charge is 2.03. The number of hydrogen-bond donors (Lipinski definition) is 0. The lowest BCUT2D eigenvalue weighted by atomic mass is 10.3. The van der Waals surface area contributed by atoms with E-state index in [0.29, 0.717) is 6.54 Å². The molecule has 0 saturated carbocycles. The Labute approximate surface area is 91.8 Å². The molecule has 0 N–H and O–H groups in total. The maximum absolute atomic E-state index is 4.22. The molecular weight excluding hydrogens is 202 g/mol. The third-order valence-electron chi connectivity index (χ3n) is 2.35. The molecule has 3 rings (SSSR count). The normalized spacial score (nSPS) is 10.8. The molecule has 3 aromatic rings. The van der Waals surface area contributed by atoms with Gasteiger partial charge in [0.25, 0.3) is 0 Å². The molecule has 16 heavy (non-hydrogen) atoms. The van der Waals surface area contributed by atoms with Gasteiger partial charge in [0.1, 0.15) is 0 Å². The van der Waals surface area contributed by atoms with E-state index in [1.807, 2.05) is 28.8 Å². The van der Waals surface area contributed by atoms with Gasteiger partial charge < -0.3 is 4.57 Å². The van der Waals surface area contributed by atoms with Gasteiger partial charge in [-0.1, -0.05) is 0 Å². The van der Waals surface area contributed by atoms with E-state index in [-0.39, 0.29) is 0 Å². The fraction of sp³-hybridized carbons (Fsp3) is 0.0909. The van der Waals surface area contributed by atoms with Crippen LogP contribution in [0.2, 0.25) is 0 Å². The third kappa shape index (κ3) is 1.52. The van der Waals surface area contributed by atoms with Crippen LogP contribution in [0.3, 0.4) is 0 Å². The van der Waals surface area contributed by atoms with Crippen molar-refractivity contribution < 1.29 is 0 Å². The van der Waals surface area contributed by atoms with E-state index < -0.39 is 0 Å². The van der Waals surface area contributed by atoms with Crippen molar-refractivity contribution in [1.29, 1.82) is 0 Å². The number of pyridine rings is 1. The molecule has 5 nitrogen and oxygen atoms in total. The van der Waals surface area contributed by atoms with Crippen LogP contribution in [0.15, 0.2) is 43.0 Å². The number of nitrogens with zero attached hydrogens (tertiary/aromatic N) is 5. The molecule has 0 fully saturated rings. The molecule has 78 valence electrons. The van der Waals surface area contributed by atoms with Gasteiger partial charge in [0.2, 0.25) is 0 Å². The van der Waals surface area contributed by atoms with Crippen LogP contribution in [-0.2, 0) is 6.54 Å². The molecule has 0 radical (unpaired) electrons. The summed E-state index contributed by atoms with van der Waals surface area (Å²) < 4.78 is 2.01. The van der Waals surface area contributed by atoms with Gasteiger partial charge in [-0.15, -0.1) is 0 Å². The Bertz CT molecular complexity index is 602. The molecule has 0 unspecified atom stereocenters. The Morgan fingerprint density at radius 1 is 1.06 bits per heavy atom. The predicted octanol–water partition coefficient (Wildman–Crippen LogP) is 1.27. The smallest absolute Gasteiger partial charge is 0.177 e. The number of fused-ring (bicyclic) bond motifs is 1. The zero-order chi connectivity index (χ0) is 10.8. The van der Waals surface area contributed by atoms with Crippen LogP contribution in [0.4, 0.5) is 0 Å². The van der Waals surface area contributed by atoms with Gasteiger partial charge in [-0.2, -0.15) is 10.2 Å². The van der Waals surface area contributed by atoms with E-state index in [9.17, 15) is 0 Å². The SMILES string of the molecule is c1cnnc(Cn2cnc3ncccc32)c1. The maximum atomic E-state index is 4.22. The average molecular weight is 211 g/mol. The molecular formula is C11H9N5. The summed E-state index contributed by atoms with van der Waals surface area (Å²) in [5, 5.41) is 7.89. The number of rotatable bonds is 2. The topological polar surface area (TPSA) is 56.5 Å². The second-order valence-electron chi connectivity index (χ2n) is 3.43. The first-order valence-corrected chi connectivity index (χ1v) is 4.96. The molecule has 0 aliphatic heterocycles. The van der Waals surface area contributed by atoms with Crippen molar-refractivity contribution in [2.24, 2.45) is 0 Å². The van der Waals surface area contributed by atoms with Crippen molar-refractivity contribution in [3.63, 3.8) is 0 Å². The summed E-state index contributed by atoms with van der Waals surface area (Å²) in [6, 6.07) is 7.71. The van der Waals surface area contributed by atoms with Crippen molar-refractivity contribution in [3.8, 4) is 0 Å². The summed E-state index contributed by atoms with van der Waals surface area (Å²) in [6.45, 7) is 0.663. The Hall–Kier alpha value is -2.30. The fourth-order valence-electron chi connectivity index (χ4n) is 1.62. The molecule has 0 aliphatic carbocycles. The lowest BCUT2D eigenvalue weighted by Crippen LogP contribution is -2.00. The van der Waals surface area contributed by atoms with E-state index in [2.05, 4.69) is 20.2 Å². The molecule has 0 atom stereocenters. The van der Waals surface area contributed by atoms with Crippen LogP contribution in [0.25, 0.3) is 11.2 Å². The molecule has 0 saturated heterocycles. The first kappa shape index (κ1) is 8.96. The van der Waals surface area contributed by atoms with E-state index in [1.165, 1.54) is 0 Å². The highest BCUT2D eigenvalue weighted by atomic mass is 15.1. The quantitative estimate of drug-likeness (QED) is 0.640. The second-order valence-corrected chi connectivity index (χ2v) is 3.43. The van der Waals surface area contributed by atoms with Crippen molar-refractivity contribution >= 4 is 11.2 Å². The Morgan fingerprint density at radius 2 is 2.00 bits per heavy atom. The minimum atomic E-state index is 0.663. The predicted molar refractivity (Wildman–Crippen MR) is 58.7 cm³/mol. The number of aromatic nitrogens is 5. The summed E-state index contributed by atoms with van der Waals surface area (Å²) >= 11 is 0. The third-order valence-corrected chi connectivity index (χ3v) is 2.35. The van der Waals surface area contributed by atoms with Crippen LogP contribution in [0.5, 0.6) is 0 Å². The second kappa shape index (κ2) is 3.69. The van der Waals surface area contributed by atoms with Crippen molar-refractivity contribution in [1.82, 2.24) is 24.7 Å². The summed E-state index contributed by atoms with van der Waals surface area (Å²) in [5.74, 6) is 0. The molecule has 0 aliphatic rings. The number of imidazole rings is 1. The summed E-state index contributed by atoms with van der Waals surface area (Å²) in [6.07, 6.45) is 5.17. The highest BCUT2D eigenvalue weighted by Crippen LogP contribution is 2.10. The van der Waals surface area contributed by atoms with Crippen LogP contribution < -0.4 is 0 Å². The van der Waals surface area contributed by atoms with Gasteiger partial charge in [0.15, 0.2) is 5.65 Å². The summed E-state index contributed by atoms with van der Waals surface area (Å²) in [7, 11) is 0. The zero-order valence-electron chi connectivity index (χ0n) is 8.48. The minimum absolute atomic E-state index is 0.663. The standard InChI is InChI=1S/C11H9N5/c1-3-9(15-14-6-1)7-16-8-13-11-10(16)4-2-5-12-11/h1-6,8H,7H2. The van der Waals surface area contributed by atoms with Gasteiger partial charge in [-0.25, -0.2) is 9.97 Å². The van der Waals surface area contributed by atoms with E-state index in [1.54, 1.807) is 18.7 Å². The number of hydrogen-bond acceptors (Lipinski definition) is 4. The van der Waals surface area contributed by atoms with Gasteiger partial charge in [-0.3, -0.25) is 0 Å². The molecule has 5 heteroatoms. The largest absolute Gasteiger partial charge is 0.323 e. The summed E-state index contributed by atoms with van der Waals surface area (Å²) in [5.41, 5.74) is 2.67. The Balaban J connectivity index is 2.01. The lowest BCUT2D eigenvalue weighted by molar-refractivity contribution is 0.772. The molecule has 0 amide bonds. The van der Waals surface area contributed by atoms with E-state index in [4.69, 9.17) is 0 Å². The molecule has 3 heterocycles. The average Bonchev–Trinajstić information content (AvgIpc) is 2.74. The van der Waals surface area contributed by atoms with Gasteiger partial charge in [0, 0.05) is 12.4 Å². The lowest BCUT2D eigenvalue weighted by Gasteiger charge is -2.01. The maximum Gasteiger partial charge on any atom is 0.177 e. The zero-order valence-corrected chi connectivity index (χ0v) is 8.48. The van der Waals surface area contributed by atoms with Crippen molar-refractivity contribution in [2.45, 2.75) is 6.54 Å². The monoisotopic (exact) mass is 211 g/mol. The van der Waals surface area contributed by atoms with Crippen LogP contribution in [0, 0.1) is 0 Å². The molecule has 0 spiro atoms.